The van der Waals surface area contributed by atoms with Crippen molar-refractivity contribution in [2.45, 2.75) is 6.61 Å². The van der Waals surface area contributed by atoms with Crippen LogP contribution in [0.1, 0.15) is 5.56 Å². The molecule has 9 nitrogen and oxygen atoms in total. The van der Waals surface area contributed by atoms with Gasteiger partial charge in [0.1, 0.15) is 28.4 Å². The van der Waals surface area contributed by atoms with Gasteiger partial charge in [-0.1, -0.05) is 72.8 Å². The SMILES string of the molecule is O=[N+]([O-])c1ccc(COPOc2ccccc2-c2ccccc2O)c(Op2oc3ccccc3c3ccccc3o2)c1. The second-order valence-corrected chi connectivity index (χ2v) is 10.7. The number of nitrogens with zero attached hydrogens (tertiary/aromatic N) is 1. The van der Waals surface area contributed by atoms with Gasteiger partial charge in [0.15, 0.2) is 0 Å². The van der Waals surface area contributed by atoms with Crippen molar-refractivity contribution in [3.8, 4) is 28.4 Å². The Morgan fingerprint density at radius 1 is 0.762 bits per heavy atom. The first-order valence-electron chi connectivity index (χ1n) is 12.8. The molecule has 0 amide bonds. The Morgan fingerprint density at radius 3 is 2.07 bits per heavy atom. The van der Waals surface area contributed by atoms with Crippen LogP contribution in [-0.4, -0.2) is 10.0 Å². The Balaban J connectivity index is 1.26. The number of rotatable bonds is 9. The van der Waals surface area contributed by atoms with Crippen LogP contribution in [0.2, 0.25) is 0 Å². The minimum Gasteiger partial charge on any atom is -0.507 e. The van der Waals surface area contributed by atoms with E-state index >= 15 is 0 Å². The lowest BCUT2D eigenvalue weighted by molar-refractivity contribution is -0.384. The molecule has 1 unspecified atom stereocenters. The van der Waals surface area contributed by atoms with Crippen LogP contribution >= 0.6 is 17.3 Å². The van der Waals surface area contributed by atoms with Crippen molar-refractivity contribution in [3.63, 3.8) is 0 Å². The Labute approximate surface area is 242 Å². The first-order valence-corrected chi connectivity index (χ1v) is 14.7. The van der Waals surface area contributed by atoms with E-state index in [1.165, 1.54) is 12.1 Å². The Morgan fingerprint density at radius 2 is 1.38 bits per heavy atom. The summed E-state index contributed by atoms with van der Waals surface area (Å²) in [6.07, 6.45) is 0. The van der Waals surface area contributed by atoms with Gasteiger partial charge in [-0.05, 0) is 30.3 Å². The lowest BCUT2D eigenvalue weighted by atomic mass is 10.0. The van der Waals surface area contributed by atoms with E-state index in [1.807, 2.05) is 72.8 Å². The van der Waals surface area contributed by atoms with Crippen molar-refractivity contribution in [3.05, 3.63) is 131 Å². The second-order valence-electron chi connectivity index (χ2n) is 9.03. The number of nitro groups is 1. The molecule has 6 rings (SSSR count). The van der Waals surface area contributed by atoms with Gasteiger partial charge >= 0.3 is 8.24 Å². The van der Waals surface area contributed by atoms with Gasteiger partial charge in [0, 0.05) is 33.5 Å². The minimum atomic E-state index is -2.01. The first kappa shape index (κ1) is 27.4. The van der Waals surface area contributed by atoms with Gasteiger partial charge in [-0.2, -0.15) is 0 Å². The van der Waals surface area contributed by atoms with Crippen LogP contribution in [0, 0.1) is 10.1 Å². The Kier molecular flexibility index (Phi) is 8.06. The van der Waals surface area contributed by atoms with Gasteiger partial charge in [-0.25, -0.2) is 0 Å². The molecule has 5 aromatic carbocycles. The molecule has 0 fully saturated rings. The number of fused-ring (bicyclic) bond motifs is 3. The van der Waals surface area contributed by atoms with Crippen molar-refractivity contribution in [1.29, 1.82) is 0 Å². The molecule has 210 valence electrons. The van der Waals surface area contributed by atoms with Crippen molar-refractivity contribution in [1.82, 2.24) is 0 Å². The van der Waals surface area contributed by atoms with Gasteiger partial charge < -0.3 is 27.1 Å². The number of phenols is 1. The summed E-state index contributed by atoms with van der Waals surface area (Å²) in [7, 11) is -2.42. The standard InChI is InChI=1S/C31H23NO8P2/c33-27-13-5-1-9-23(27)24-10-2-6-14-28(24)37-41-36-20-21-17-18-22(32(34)35)19-31(21)40-42-38-29-15-7-3-11-25(29)26-12-4-8-16-30(26)39-42/h1-19,33,41H,20H2. The molecule has 1 heterocycles. The number of para-hydroxylation sites is 4. The number of nitro benzene ring substituents is 1. The highest BCUT2D eigenvalue weighted by Crippen LogP contribution is 2.41. The highest BCUT2D eigenvalue weighted by atomic mass is 31.1. The Bertz CT molecular complexity index is 1880. The Hall–Kier alpha value is -4.81. The number of non-ortho nitro benzene ring substituents is 1. The molecule has 1 N–H and O–H groups in total. The predicted molar refractivity (Wildman–Crippen MR) is 163 cm³/mol. The molecule has 0 aliphatic rings. The summed E-state index contributed by atoms with van der Waals surface area (Å²) in [6, 6.07) is 33.6. The summed E-state index contributed by atoms with van der Waals surface area (Å²) < 4.78 is 30.1. The highest BCUT2D eigenvalue weighted by molar-refractivity contribution is 7.32. The van der Waals surface area contributed by atoms with Crippen molar-refractivity contribution < 1.29 is 32.0 Å². The average molecular weight is 599 g/mol. The smallest absolute Gasteiger partial charge is 0.453 e. The molecule has 11 heteroatoms. The molecule has 1 aromatic heterocycles. The summed E-state index contributed by atoms with van der Waals surface area (Å²) in [4.78, 5) is 11.1. The van der Waals surface area contributed by atoms with Crippen molar-refractivity contribution in [2.24, 2.45) is 0 Å². The second kappa shape index (κ2) is 12.4. The summed E-state index contributed by atoms with van der Waals surface area (Å²) in [5.74, 6) is 0.880. The topological polar surface area (TPSA) is 117 Å². The average Bonchev–Trinajstić information content (AvgIpc) is 3.16. The van der Waals surface area contributed by atoms with Crippen LogP contribution in [0.5, 0.6) is 17.2 Å². The molecule has 1 atom stereocenters. The van der Waals surface area contributed by atoms with Gasteiger partial charge in [0.05, 0.1) is 17.6 Å². The third-order valence-electron chi connectivity index (χ3n) is 6.36. The van der Waals surface area contributed by atoms with Crippen LogP contribution in [-0.2, 0) is 11.1 Å². The molecular formula is C31H23NO8P2. The number of hydrogen-bond acceptors (Lipinski definition) is 8. The van der Waals surface area contributed by atoms with Crippen LogP contribution in [0.25, 0.3) is 33.1 Å². The third kappa shape index (κ3) is 5.94. The summed E-state index contributed by atoms with van der Waals surface area (Å²) in [6.45, 7) is 0.0425. The quantitative estimate of drug-likeness (QED) is 0.0756. The highest BCUT2D eigenvalue weighted by Gasteiger charge is 2.17. The zero-order valence-electron chi connectivity index (χ0n) is 21.9. The van der Waals surface area contributed by atoms with E-state index in [9.17, 15) is 15.2 Å². The lowest BCUT2D eigenvalue weighted by Crippen LogP contribution is -1.95. The maximum atomic E-state index is 11.6. The van der Waals surface area contributed by atoms with Crippen LogP contribution in [0.4, 0.5) is 5.69 Å². The molecule has 0 bridgehead atoms. The molecule has 0 saturated heterocycles. The molecule has 0 radical (unpaired) electrons. The fourth-order valence-electron chi connectivity index (χ4n) is 4.36. The number of phenolic OH excluding ortho intramolecular Hbond substituents is 1. The largest absolute Gasteiger partial charge is 0.507 e. The summed E-state index contributed by atoms with van der Waals surface area (Å²) in [5.41, 5.74) is 2.92. The van der Waals surface area contributed by atoms with Crippen molar-refractivity contribution in [2.75, 3.05) is 0 Å². The van der Waals surface area contributed by atoms with Gasteiger partial charge in [-0.15, -0.1) is 0 Å². The number of benzene rings is 5. The fraction of sp³-hybridized carbons (Fsp3) is 0.0323. The fourth-order valence-corrected chi connectivity index (χ4v) is 5.98. The van der Waals surface area contributed by atoms with E-state index in [0.717, 1.165) is 16.3 Å². The van der Waals surface area contributed by atoms with Gasteiger partial charge in [0.25, 0.3) is 5.69 Å². The van der Waals surface area contributed by atoms with E-state index in [-0.39, 0.29) is 23.8 Å². The number of hydrogen-bond donors (Lipinski definition) is 1. The molecule has 0 aliphatic carbocycles. The minimum absolute atomic E-state index is 0.0425. The molecule has 42 heavy (non-hydrogen) atoms. The molecule has 6 aromatic rings. The maximum absolute atomic E-state index is 11.6. The van der Waals surface area contributed by atoms with E-state index in [1.54, 1.807) is 30.3 Å². The normalized spacial score (nSPS) is 11.2. The molecule has 0 saturated carbocycles. The maximum Gasteiger partial charge on any atom is 0.453 e. The lowest BCUT2D eigenvalue weighted by Gasteiger charge is -2.13. The van der Waals surface area contributed by atoms with E-state index in [4.69, 9.17) is 22.0 Å². The van der Waals surface area contributed by atoms with Crippen LogP contribution in [0.3, 0.4) is 0 Å². The van der Waals surface area contributed by atoms with Crippen LogP contribution in [0.15, 0.2) is 124 Å². The molecular weight excluding hydrogens is 576 g/mol. The van der Waals surface area contributed by atoms with E-state index in [2.05, 4.69) is 0 Å². The van der Waals surface area contributed by atoms with Gasteiger partial charge in [0.2, 0.25) is 9.03 Å². The van der Waals surface area contributed by atoms with E-state index < -0.39 is 22.2 Å². The monoisotopic (exact) mass is 599 g/mol. The summed E-state index contributed by atoms with van der Waals surface area (Å²) in [5, 5.41) is 23.6. The predicted octanol–water partition coefficient (Wildman–Crippen LogP) is 9.52. The molecule has 0 aliphatic heterocycles. The zero-order valence-corrected chi connectivity index (χ0v) is 23.8. The zero-order chi connectivity index (χ0) is 28.9. The third-order valence-corrected chi connectivity index (χ3v) is 7.97. The van der Waals surface area contributed by atoms with Gasteiger partial charge in [-0.3, -0.25) is 10.1 Å². The summed E-state index contributed by atoms with van der Waals surface area (Å²) >= 11 is 0. The van der Waals surface area contributed by atoms with E-state index in [0.29, 0.717) is 28.0 Å². The number of aromatic hydroxyl groups is 1. The van der Waals surface area contributed by atoms with Crippen LogP contribution < -0.4 is 9.05 Å². The van der Waals surface area contributed by atoms with Crippen molar-refractivity contribution >= 4 is 44.9 Å². The molecule has 0 spiro atoms. The first-order chi connectivity index (χ1) is 20.6.